The highest BCUT2D eigenvalue weighted by atomic mass is 16.5. The van der Waals surface area contributed by atoms with Crippen LogP contribution in [-0.2, 0) is 16.8 Å². The maximum atomic E-state index is 13.0. The van der Waals surface area contributed by atoms with E-state index in [0.717, 1.165) is 42.3 Å². The molecule has 2 aromatic rings. The minimum atomic E-state index is -0.445. The second-order valence-electron chi connectivity index (χ2n) is 7.73. The maximum Gasteiger partial charge on any atom is 0.231 e. The van der Waals surface area contributed by atoms with Crippen LogP contribution in [0, 0.1) is 19.3 Å². The topological polar surface area (TPSA) is 69.0 Å². The van der Waals surface area contributed by atoms with E-state index in [1.165, 1.54) is 0 Å². The van der Waals surface area contributed by atoms with Gasteiger partial charge in [-0.1, -0.05) is 26.0 Å². The molecule has 0 aliphatic heterocycles. The Morgan fingerprint density at radius 3 is 2.42 bits per heavy atom. The first kappa shape index (κ1) is 18.4. The van der Waals surface area contributed by atoms with Gasteiger partial charge in [0.05, 0.1) is 12.5 Å². The molecule has 1 saturated carbocycles. The van der Waals surface area contributed by atoms with Crippen LogP contribution in [0.1, 0.15) is 43.9 Å². The number of nitrogens with one attached hydrogen (secondary N) is 1. The Morgan fingerprint density at radius 2 is 1.92 bits per heavy atom. The lowest BCUT2D eigenvalue weighted by molar-refractivity contribution is -0.124. The minimum Gasteiger partial charge on any atom is -0.497 e. The second kappa shape index (κ2) is 6.74. The third-order valence-corrected chi connectivity index (χ3v) is 5.50. The van der Waals surface area contributed by atoms with Crippen LogP contribution in [0.5, 0.6) is 5.75 Å². The predicted octanol–water partition coefficient (Wildman–Crippen LogP) is 2.78. The minimum absolute atomic E-state index is 0.0364. The number of carbonyl (C=O) groups excluding carboxylic acids is 1. The highest BCUT2D eigenvalue weighted by Gasteiger charge is 2.66. The Kier molecular flexibility index (Phi) is 4.78. The van der Waals surface area contributed by atoms with Gasteiger partial charge in [0.1, 0.15) is 17.4 Å². The fourth-order valence-corrected chi connectivity index (χ4v) is 3.86. The van der Waals surface area contributed by atoms with Crippen LogP contribution in [0.2, 0.25) is 0 Å². The zero-order valence-corrected chi connectivity index (χ0v) is 16.3. The van der Waals surface area contributed by atoms with Gasteiger partial charge in [-0.15, -0.1) is 0 Å². The molecule has 6 nitrogen and oxygen atoms in total. The van der Waals surface area contributed by atoms with Crippen molar-refractivity contribution in [2.75, 3.05) is 13.7 Å². The summed E-state index contributed by atoms with van der Waals surface area (Å²) in [6.45, 7) is 9.52. The lowest BCUT2D eigenvalue weighted by Crippen LogP contribution is -2.38. The van der Waals surface area contributed by atoms with Gasteiger partial charge < -0.3 is 10.1 Å². The van der Waals surface area contributed by atoms with E-state index >= 15 is 0 Å². The number of hydrogen-bond donors (Lipinski definition) is 1. The molecular weight excluding hydrogens is 328 g/mol. The van der Waals surface area contributed by atoms with Gasteiger partial charge in [-0.05, 0) is 49.8 Å². The summed E-state index contributed by atoms with van der Waals surface area (Å²) in [5, 5.41) is 7.49. The molecule has 26 heavy (non-hydrogen) atoms. The zero-order valence-electron chi connectivity index (χ0n) is 16.3. The molecule has 1 aromatic heterocycles. The summed E-state index contributed by atoms with van der Waals surface area (Å²) in [5.74, 6) is 2.61. The number of nitrogens with zero attached hydrogens (tertiary/aromatic N) is 3. The highest BCUT2D eigenvalue weighted by molar-refractivity contribution is 5.93. The van der Waals surface area contributed by atoms with Crippen molar-refractivity contribution in [3.63, 3.8) is 0 Å². The van der Waals surface area contributed by atoms with Crippen molar-refractivity contribution in [3.8, 4) is 5.75 Å². The number of carbonyl (C=O) groups is 1. The van der Waals surface area contributed by atoms with Crippen LogP contribution >= 0.6 is 0 Å². The van der Waals surface area contributed by atoms with E-state index in [4.69, 9.17) is 4.74 Å². The number of rotatable bonds is 7. The van der Waals surface area contributed by atoms with Gasteiger partial charge in [-0.25, -0.2) is 4.98 Å². The fraction of sp³-hybridized carbons (Fsp3) is 0.550. The molecule has 1 aliphatic carbocycles. The van der Waals surface area contributed by atoms with Gasteiger partial charge >= 0.3 is 0 Å². The third kappa shape index (κ3) is 3.20. The Labute approximate surface area is 155 Å². The van der Waals surface area contributed by atoms with E-state index in [0.29, 0.717) is 6.54 Å². The molecule has 6 heteroatoms. The van der Waals surface area contributed by atoms with E-state index in [1.54, 1.807) is 7.11 Å². The van der Waals surface area contributed by atoms with E-state index in [2.05, 4.69) is 29.2 Å². The molecule has 0 spiro atoms. The predicted molar refractivity (Wildman–Crippen MR) is 100 cm³/mol. The molecule has 0 radical (unpaired) electrons. The molecule has 1 amide bonds. The summed E-state index contributed by atoms with van der Waals surface area (Å²) in [7, 11) is 1.65. The van der Waals surface area contributed by atoms with Crippen molar-refractivity contribution in [2.45, 2.75) is 52.5 Å². The first-order chi connectivity index (χ1) is 12.3. The normalized spacial score (nSPS) is 20.7. The van der Waals surface area contributed by atoms with E-state index in [9.17, 15) is 4.79 Å². The van der Waals surface area contributed by atoms with Crippen molar-refractivity contribution >= 4 is 5.91 Å². The molecule has 1 heterocycles. The number of aromatic nitrogens is 3. The van der Waals surface area contributed by atoms with Crippen LogP contribution in [0.15, 0.2) is 24.3 Å². The van der Waals surface area contributed by atoms with Crippen molar-refractivity contribution in [1.29, 1.82) is 0 Å². The summed E-state index contributed by atoms with van der Waals surface area (Å²) >= 11 is 0. The summed E-state index contributed by atoms with van der Waals surface area (Å²) < 4.78 is 7.12. The van der Waals surface area contributed by atoms with Crippen molar-refractivity contribution in [3.05, 3.63) is 41.5 Å². The number of methoxy groups -OCH3 is 1. The van der Waals surface area contributed by atoms with Crippen LogP contribution in [0.4, 0.5) is 0 Å². The average Bonchev–Trinajstić information content (AvgIpc) is 3.06. The monoisotopic (exact) mass is 356 g/mol. The molecular formula is C20H28N4O2. The molecule has 3 rings (SSSR count). The molecule has 0 saturated heterocycles. The Morgan fingerprint density at radius 1 is 1.27 bits per heavy atom. The lowest BCUT2D eigenvalue weighted by Gasteiger charge is -2.21. The largest absolute Gasteiger partial charge is 0.497 e. The first-order valence-corrected chi connectivity index (χ1v) is 9.11. The molecule has 1 aliphatic rings. The fourth-order valence-electron chi connectivity index (χ4n) is 3.86. The number of hydrogen-bond acceptors (Lipinski definition) is 4. The Bertz CT molecular complexity index is 795. The number of aryl methyl sites for hydroxylation is 3. The van der Waals surface area contributed by atoms with E-state index in [1.807, 2.05) is 42.8 Å². The number of amides is 1. The summed E-state index contributed by atoms with van der Waals surface area (Å²) in [6.07, 6.45) is 1.69. The van der Waals surface area contributed by atoms with Crippen molar-refractivity contribution in [1.82, 2.24) is 20.1 Å². The third-order valence-electron chi connectivity index (χ3n) is 5.50. The van der Waals surface area contributed by atoms with E-state index < -0.39 is 5.41 Å². The van der Waals surface area contributed by atoms with Crippen LogP contribution < -0.4 is 10.1 Å². The van der Waals surface area contributed by atoms with Gasteiger partial charge in [0.2, 0.25) is 5.91 Å². The molecule has 0 unspecified atom stereocenters. The summed E-state index contributed by atoms with van der Waals surface area (Å²) in [6, 6.07) is 7.87. The van der Waals surface area contributed by atoms with Gasteiger partial charge in [0, 0.05) is 13.1 Å². The van der Waals surface area contributed by atoms with Gasteiger partial charge in [0.25, 0.3) is 0 Å². The SMILES string of the molecule is COc1ccc([C@]2(C(=O)NCCCn3nc(C)nc3C)CC2(C)C)cc1. The van der Waals surface area contributed by atoms with Crippen LogP contribution in [0.25, 0.3) is 0 Å². The van der Waals surface area contributed by atoms with Crippen molar-refractivity contribution in [2.24, 2.45) is 5.41 Å². The smallest absolute Gasteiger partial charge is 0.231 e. The van der Waals surface area contributed by atoms with Crippen molar-refractivity contribution < 1.29 is 9.53 Å². The molecule has 0 bridgehead atoms. The van der Waals surface area contributed by atoms with E-state index in [-0.39, 0.29) is 11.3 Å². The maximum absolute atomic E-state index is 13.0. The molecule has 1 atom stereocenters. The number of ether oxygens (including phenoxy) is 1. The molecule has 1 N–H and O–H groups in total. The first-order valence-electron chi connectivity index (χ1n) is 9.11. The Balaban J connectivity index is 1.62. The zero-order chi connectivity index (χ0) is 18.9. The standard InChI is InChI=1S/C20H28N4O2/c1-14-22-15(2)24(23-14)12-6-11-21-18(25)20(13-19(20,3)4)16-7-9-17(26-5)10-8-16/h7-10H,6,11-13H2,1-5H3,(H,21,25)/t20-/m0/s1. The molecule has 1 aromatic carbocycles. The number of benzene rings is 1. The average molecular weight is 356 g/mol. The Hall–Kier alpha value is -2.37. The van der Waals surface area contributed by atoms with Crippen LogP contribution in [0.3, 0.4) is 0 Å². The summed E-state index contributed by atoms with van der Waals surface area (Å²) in [5.41, 5.74) is 0.577. The van der Waals surface area contributed by atoms with Gasteiger partial charge in [0.15, 0.2) is 0 Å². The molecule has 140 valence electrons. The quantitative estimate of drug-likeness (QED) is 0.775. The highest BCUT2D eigenvalue weighted by Crippen LogP contribution is 2.64. The lowest BCUT2D eigenvalue weighted by atomic mass is 9.87. The van der Waals surface area contributed by atoms with Crippen LogP contribution in [-0.4, -0.2) is 34.3 Å². The van der Waals surface area contributed by atoms with Gasteiger partial charge in [-0.3, -0.25) is 9.48 Å². The molecule has 1 fully saturated rings. The van der Waals surface area contributed by atoms with Gasteiger partial charge in [-0.2, -0.15) is 5.10 Å². The summed E-state index contributed by atoms with van der Waals surface area (Å²) in [4.78, 5) is 17.3. The second-order valence-corrected chi connectivity index (χ2v) is 7.73.